The van der Waals surface area contributed by atoms with E-state index in [9.17, 15) is 4.79 Å². The summed E-state index contributed by atoms with van der Waals surface area (Å²) in [7, 11) is 0. The number of fused-ring (bicyclic) bond motifs is 1. The van der Waals surface area contributed by atoms with Gasteiger partial charge >= 0.3 is 6.03 Å². The van der Waals surface area contributed by atoms with Crippen molar-refractivity contribution in [2.75, 3.05) is 26.2 Å². The molecule has 1 unspecified atom stereocenters. The zero-order valence-corrected chi connectivity index (χ0v) is 18.1. The first-order chi connectivity index (χ1) is 15.8. The Morgan fingerprint density at radius 3 is 2.47 bits per heavy atom. The predicted molar refractivity (Wildman–Crippen MR) is 120 cm³/mol. The summed E-state index contributed by atoms with van der Waals surface area (Å²) in [6, 6.07) is 20.2. The highest BCUT2D eigenvalue weighted by Crippen LogP contribution is 2.27. The molecule has 166 valence electrons. The van der Waals surface area contributed by atoms with E-state index in [1.165, 1.54) is 0 Å². The quantitative estimate of drug-likeness (QED) is 0.671. The largest absolute Gasteiger partial charge is 0.365 e. The van der Waals surface area contributed by atoms with Crippen LogP contribution < -0.4 is 5.32 Å². The highest BCUT2D eigenvalue weighted by Gasteiger charge is 2.27. The van der Waals surface area contributed by atoms with Crippen LogP contribution in [-0.2, 0) is 31.0 Å². The Bertz CT molecular complexity index is 1030. The minimum Gasteiger partial charge on any atom is -0.365 e. The smallest absolute Gasteiger partial charge is 0.317 e. The van der Waals surface area contributed by atoms with Crippen molar-refractivity contribution in [2.24, 2.45) is 0 Å². The Morgan fingerprint density at radius 1 is 1.00 bits per heavy atom. The predicted octanol–water partition coefficient (Wildman–Crippen LogP) is 2.58. The van der Waals surface area contributed by atoms with Gasteiger partial charge in [0.05, 0.1) is 18.8 Å². The summed E-state index contributed by atoms with van der Waals surface area (Å²) in [5.41, 5.74) is 4.30. The van der Waals surface area contributed by atoms with Crippen molar-refractivity contribution in [1.82, 2.24) is 30.1 Å². The van der Waals surface area contributed by atoms with E-state index in [4.69, 9.17) is 4.74 Å². The molecule has 2 aliphatic rings. The van der Waals surface area contributed by atoms with E-state index in [0.717, 1.165) is 42.1 Å². The number of carbonyl (C=O) groups is 1. The Balaban J connectivity index is 1.11. The molecule has 1 fully saturated rings. The van der Waals surface area contributed by atoms with Gasteiger partial charge < -0.3 is 15.0 Å². The Hall–Kier alpha value is -3.23. The normalized spacial score (nSPS) is 18.9. The second-order valence-electron chi connectivity index (χ2n) is 8.28. The lowest BCUT2D eigenvalue weighted by molar-refractivity contribution is -0.00218. The molecular formula is C24H28N6O2. The van der Waals surface area contributed by atoms with Crippen LogP contribution in [0.4, 0.5) is 4.79 Å². The minimum absolute atomic E-state index is 0.00473. The van der Waals surface area contributed by atoms with Crippen LogP contribution in [0.25, 0.3) is 0 Å². The lowest BCUT2D eigenvalue weighted by atomic mass is 10.1. The molecule has 5 rings (SSSR count). The zero-order chi connectivity index (χ0) is 21.8. The summed E-state index contributed by atoms with van der Waals surface area (Å²) in [5, 5.41) is 11.8. The maximum Gasteiger partial charge on any atom is 0.317 e. The second kappa shape index (κ2) is 9.50. The standard InChI is InChI=1S/C24H28N6O2/c31-24(25-15-19-7-3-1-4-8-19)29-13-11-28(12-14-29)16-21-22-18-32-23(17-30(22)27-26-21)20-9-5-2-6-10-20/h1-10,23H,11-18H2,(H,25,31). The molecule has 0 saturated carbocycles. The van der Waals surface area contributed by atoms with Crippen LogP contribution in [0.3, 0.4) is 0 Å². The molecule has 3 heterocycles. The molecule has 0 bridgehead atoms. The van der Waals surface area contributed by atoms with Crippen molar-refractivity contribution < 1.29 is 9.53 Å². The van der Waals surface area contributed by atoms with E-state index >= 15 is 0 Å². The molecule has 1 N–H and O–H groups in total. The number of hydrogen-bond donors (Lipinski definition) is 1. The summed E-state index contributed by atoms with van der Waals surface area (Å²) in [6.45, 7) is 5.53. The van der Waals surface area contributed by atoms with Crippen LogP contribution in [-0.4, -0.2) is 57.0 Å². The molecule has 2 amide bonds. The van der Waals surface area contributed by atoms with Gasteiger partial charge in [0.15, 0.2) is 0 Å². The molecular weight excluding hydrogens is 404 g/mol. The van der Waals surface area contributed by atoms with Crippen molar-refractivity contribution in [1.29, 1.82) is 0 Å². The maximum atomic E-state index is 12.5. The van der Waals surface area contributed by atoms with Crippen LogP contribution in [0.1, 0.15) is 28.6 Å². The fraction of sp³-hybridized carbons (Fsp3) is 0.375. The maximum absolute atomic E-state index is 12.5. The lowest BCUT2D eigenvalue weighted by Gasteiger charge is -2.34. The van der Waals surface area contributed by atoms with Crippen LogP contribution in [0.5, 0.6) is 0 Å². The van der Waals surface area contributed by atoms with Crippen LogP contribution in [0.2, 0.25) is 0 Å². The Kier molecular flexibility index (Phi) is 6.13. The van der Waals surface area contributed by atoms with E-state index < -0.39 is 0 Å². The van der Waals surface area contributed by atoms with Gasteiger partial charge in [-0.05, 0) is 11.1 Å². The Labute approximate surface area is 187 Å². The van der Waals surface area contributed by atoms with Crippen LogP contribution in [0, 0.1) is 0 Å². The van der Waals surface area contributed by atoms with E-state index in [1.54, 1.807) is 0 Å². The van der Waals surface area contributed by atoms with Gasteiger partial charge in [-0.1, -0.05) is 65.9 Å². The van der Waals surface area contributed by atoms with Crippen molar-refractivity contribution >= 4 is 6.03 Å². The van der Waals surface area contributed by atoms with Gasteiger partial charge in [-0.15, -0.1) is 5.10 Å². The lowest BCUT2D eigenvalue weighted by Crippen LogP contribution is -2.51. The molecule has 1 saturated heterocycles. The van der Waals surface area contributed by atoms with Gasteiger partial charge in [0.25, 0.3) is 0 Å². The number of nitrogens with zero attached hydrogens (tertiary/aromatic N) is 5. The average Bonchev–Trinajstić information content (AvgIpc) is 3.26. The molecule has 32 heavy (non-hydrogen) atoms. The molecule has 3 aromatic rings. The minimum atomic E-state index is -0.00473. The number of ether oxygens (including phenoxy) is 1. The second-order valence-corrected chi connectivity index (χ2v) is 8.28. The number of amides is 2. The van der Waals surface area contributed by atoms with E-state index in [-0.39, 0.29) is 12.1 Å². The van der Waals surface area contributed by atoms with E-state index in [0.29, 0.717) is 32.8 Å². The summed E-state index contributed by atoms with van der Waals surface area (Å²) in [5.74, 6) is 0. The first kappa shape index (κ1) is 20.7. The number of urea groups is 1. The number of hydrogen-bond acceptors (Lipinski definition) is 5. The fourth-order valence-corrected chi connectivity index (χ4v) is 4.26. The van der Waals surface area contributed by atoms with Crippen molar-refractivity contribution in [3.05, 3.63) is 83.2 Å². The summed E-state index contributed by atoms with van der Waals surface area (Å²) >= 11 is 0. The zero-order valence-electron chi connectivity index (χ0n) is 18.1. The highest BCUT2D eigenvalue weighted by molar-refractivity contribution is 5.74. The van der Waals surface area contributed by atoms with Crippen molar-refractivity contribution in [2.45, 2.75) is 32.3 Å². The number of aromatic nitrogens is 3. The first-order valence-electron chi connectivity index (χ1n) is 11.1. The number of benzene rings is 2. The molecule has 1 atom stereocenters. The monoisotopic (exact) mass is 432 g/mol. The topological polar surface area (TPSA) is 75.5 Å². The first-order valence-corrected chi connectivity index (χ1v) is 11.1. The number of piperazine rings is 1. The van der Waals surface area contributed by atoms with Crippen molar-refractivity contribution in [3.63, 3.8) is 0 Å². The van der Waals surface area contributed by atoms with Gasteiger partial charge in [-0.3, -0.25) is 4.90 Å². The summed E-state index contributed by atoms with van der Waals surface area (Å²) < 4.78 is 8.09. The van der Waals surface area contributed by atoms with Crippen LogP contribution in [0.15, 0.2) is 60.7 Å². The molecule has 2 aliphatic heterocycles. The van der Waals surface area contributed by atoms with Crippen LogP contribution >= 0.6 is 0 Å². The molecule has 2 aromatic carbocycles. The summed E-state index contributed by atoms with van der Waals surface area (Å²) in [4.78, 5) is 16.7. The van der Waals surface area contributed by atoms with Gasteiger partial charge in [0.2, 0.25) is 0 Å². The third-order valence-electron chi connectivity index (χ3n) is 6.17. The van der Waals surface area contributed by atoms with Crippen molar-refractivity contribution in [3.8, 4) is 0 Å². The molecule has 0 spiro atoms. The molecule has 0 aliphatic carbocycles. The molecule has 8 nitrogen and oxygen atoms in total. The van der Waals surface area contributed by atoms with E-state index in [2.05, 4.69) is 32.7 Å². The number of nitrogens with one attached hydrogen (secondary N) is 1. The molecule has 0 radical (unpaired) electrons. The van der Waals surface area contributed by atoms with Gasteiger partial charge in [0, 0.05) is 39.3 Å². The fourth-order valence-electron chi connectivity index (χ4n) is 4.26. The average molecular weight is 433 g/mol. The number of carbonyl (C=O) groups excluding carboxylic acids is 1. The van der Waals surface area contributed by atoms with Gasteiger partial charge in [-0.25, -0.2) is 9.48 Å². The van der Waals surface area contributed by atoms with E-state index in [1.807, 2.05) is 58.1 Å². The Morgan fingerprint density at radius 2 is 1.72 bits per heavy atom. The third kappa shape index (κ3) is 4.66. The molecule has 1 aromatic heterocycles. The third-order valence-corrected chi connectivity index (χ3v) is 6.17. The highest BCUT2D eigenvalue weighted by atomic mass is 16.5. The van der Waals surface area contributed by atoms with Gasteiger partial charge in [-0.2, -0.15) is 0 Å². The SMILES string of the molecule is O=C(NCc1ccccc1)N1CCN(Cc2nnn3c2COC(c2ccccc2)C3)CC1. The number of rotatable bonds is 5. The van der Waals surface area contributed by atoms with Gasteiger partial charge in [0.1, 0.15) is 11.8 Å². The molecule has 8 heteroatoms. The summed E-state index contributed by atoms with van der Waals surface area (Å²) in [6.07, 6.45) is 0.0104.